The van der Waals surface area contributed by atoms with E-state index in [-0.39, 0.29) is 0 Å². The number of aryl methyl sites for hydroxylation is 1. The summed E-state index contributed by atoms with van der Waals surface area (Å²) < 4.78 is 11.2. The zero-order chi connectivity index (χ0) is 11.5. The topological polar surface area (TPSA) is 55.1 Å². The molecule has 4 heteroatoms. The van der Waals surface area contributed by atoms with Crippen molar-refractivity contribution in [3.63, 3.8) is 0 Å². The van der Waals surface area contributed by atoms with E-state index in [2.05, 4.69) is 11.4 Å². The molecule has 0 amide bonds. The van der Waals surface area contributed by atoms with Crippen LogP contribution in [0, 0.1) is 6.92 Å². The third-order valence-electron chi connectivity index (χ3n) is 3.03. The van der Waals surface area contributed by atoms with Crippen molar-refractivity contribution < 1.29 is 4.21 Å². The molecule has 0 bridgehead atoms. The average molecular weight is 238 g/mol. The van der Waals surface area contributed by atoms with E-state index >= 15 is 0 Å². The predicted molar refractivity (Wildman–Crippen MR) is 70.1 cm³/mol. The van der Waals surface area contributed by atoms with Crippen molar-refractivity contribution in [3.05, 3.63) is 23.8 Å². The van der Waals surface area contributed by atoms with Gasteiger partial charge in [-0.15, -0.1) is 0 Å². The fourth-order valence-electron chi connectivity index (χ4n) is 1.94. The molecule has 3 N–H and O–H groups in total. The van der Waals surface area contributed by atoms with Crippen LogP contribution in [-0.2, 0) is 10.8 Å². The van der Waals surface area contributed by atoms with Crippen molar-refractivity contribution in [1.29, 1.82) is 0 Å². The Morgan fingerprint density at radius 1 is 1.38 bits per heavy atom. The molecule has 0 aromatic heterocycles. The number of nitrogen functional groups attached to an aromatic ring is 1. The Balaban J connectivity index is 1.98. The van der Waals surface area contributed by atoms with Gasteiger partial charge in [-0.05, 0) is 43.5 Å². The maximum atomic E-state index is 11.2. The zero-order valence-corrected chi connectivity index (χ0v) is 10.3. The summed E-state index contributed by atoms with van der Waals surface area (Å²) in [5.74, 6) is 1.65. The summed E-state index contributed by atoms with van der Waals surface area (Å²) in [4.78, 5) is 0. The lowest BCUT2D eigenvalue weighted by Crippen LogP contribution is -2.29. The molecular formula is C12H18N2OS. The summed E-state index contributed by atoms with van der Waals surface area (Å²) in [7, 11) is -0.587. The van der Waals surface area contributed by atoms with E-state index in [4.69, 9.17) is 5.73 Å². The van der Waals surface area contributed by atoms with E-state index in [0.717, 1.165) is 41.3 Å². The van der Waals surface area contributed by atoms with Crippen molar-refractivity contribution in [1.82, 2.24) is 0 Å². The highest BCUT2D eigenvalue weighted by Crippen LogP contribution is 2.20. The van der Waals surface area contributed by atoms with Gasteiger partial charge in [-0.25, -0.2) is 0 Å². The van der Waals surface area contributed by atoms with Gasteiger partial charge in [0, 0.05) is 39.7 Å². The highest BCUT2D eigenvalue weighted by atomic mass is 32.2. The molecule has 88 valence electrons. The molecule has 1 saturated heterocycles. The molecule has 0 spiro atoms. The quantitative estimate of drug-likeness (QED) is 0.774. The number of hydrogen-bond donors (Lipinski definition) is 2. The van der Waals surface area contributed by atoms with Gasteiger partial charge in [0.25, 0.3) is 0 Å². The smallest absolute Gasteiger partial charge is 0.0346 e. The normalized spacial score (nSPS) is 25.3. The van der Waals surface area contributed by atoms with Crippen LogP contribution >= 0.6 is 0 Å². The van der Waals surface area contributed by atoms with Crippen LogP contribution < -0.4 is 11.1 Å². The maximum Gasteiger partial charge on any atom is 0.0346 e. The second-order valence-corrected chi connectivity index (χ2v) is 6.03. The Morgan fingerprint density at radius 3 is 2.69 bits per heavy atom. The first kappa shape index (κ1) is 11.5. The summed E-state index contributed by atoms with van der Waals surface area (Å²) in [6.45, 7) is 2.01. The van der Waals surface area contributed by atoms with Gasteiger partial charge in [-0.2, -0.15) is 0 Å². The first-order chi connectivity index (χ1) is 7.65. The molecule has 1 aliphatic rings. The summed E-state index contributed by atoms with van der Waals surface area (Å²) in [6.07, 6.45) is 1.99. The van der Waals surface area contributed by atoms with Crippen molar-refractivity contribution >= 4 is 22.2 Å². The molecule has 1 aromatic rings. The standard InChI is InChI=1S/C12H18N2OS/c1-9-8-11(2-3-12(9)13)14-10-4-6-16(15)7-5-10/h2-3,8,10,14H,4-7,13H2,1H3. The SMILES string of the molecule is Cc1cc(NC2CCS(=O)CC2)ccc1N. The van der Waals surface area contributed by atoms with Crippen molar-refractivity contribution in [2.75, 3.05) is 22.6 Å². The third kappa shape index (κ3) is 2.76. The van der Waals surface area contributed by atoms with Crippen LogP contribution in [0.5, 0.6) is 0 Å². The van der Waals surface area contributed by atoms with Gasteiger partial charge in [0.2, 0.25) is 0 Å². The van der Waals surface area contributed by atoms with E-state index < -0.39 is 10.8 Å². The molecule has 0 aliphatic carbocycles. The lowest BCUT2D eigenvalue weighted by molar-refractivity contribution is 0.624. The highest BCUT2D eigenvalue weighted by molar-refractivity contribution is 7.85. The Bertz CT molecular complexity index is 396. The Labute approximate surface area is 98.9 Å². The van der Waals surface area contributed by atoms with E-state index in [9.17, 15) is 4.21 Å². The van der Waals surface area contributed by atoms with Crippen molar-refractivity contribution in [2.45, 2.75) is 25.8 Å². The molecule has 0 unspecified atom stereocenters. The minimum absolute atomic E-state index is 0.459. The van der Waals surface area contributed by atoms with Crippen LogP contribution in [0.4, 0.5) is 11.4 Å². The molecule has 2 rings (SSSR count). The third-order valence-corrected chi connectivity index (χ3v) is 4.41. The first-order valence-corrected chi connectivity index (χ1v) is 7.11. The van der Waals surface area contributed by atoms with Crippen LogP contribution in [0.3, 0.4) is 0 Å². The summed E-state index contributed by atoms with van der Waals surface area (Å²) in [5, 5.41) is 3.48. The van der Waals surface area contributed by atoms with E-state index in [1.54, 1.807) is 0 Å². The summed E-state index contributed by atoms with van der Waals surface area (Å²) in [5.41, 5.74) is 8.82. The minimum Gasteiger partial charge on any atom is -0.399 e. The van der Waals surface area contributed by atoms with Crippen LogP contribution in [-0.4, -0.2) is 21.8 Å². The first-order valence-electron chi connectivity index (χ1n) is 5.63. The van der Waals surface area contributed by atoms with Crippen molar-refractivity contribution in [3.8, 4) is 0 Å². The van der Waals surface area contributed by atoms with Gasteiger partial charge in [0.15, 0.2) is 0 Å². The van der Waals surface area contributed by atoms with Gasteiger partial charge in [0.05, 0.1) is 0 Å². The molecule has 16 heavy (non-hydrogen) atoms. The number of nitrogens with one attached hydrogen (secondary N) is 1. The fraction of sp³-hybridized carbons (Fsp3) is 0.500. The molecule has 0 radical (unpaired) electrons. The number of hydrogen-bond acceptors (Lipinski definition) is 3. The monoisotopic (exact) mass is 238 g/mol. The van der Waals surface area contributed by atoms with Crippen LogP contribution in [0.25, 0.3) is 0 Å². The maximum absolute atomic E-state index is 11.2. The van der Waals surface area contributed by atoms with Crippen LogP contribution in [0.15, 0.2) is 18.2 Å². The van der Waals surface area contributed by atoms with Gasteiger partial charge in [-0.3, -0.25) is 4.21 Å². The lowest BCUT2D eigenvalue weighted by Gasteiger charge is -2.23. The second kappa shape index (κ2) is 4.87. The minimum atomic E-state index is -0.587. The van der Waals surface area contributed by atoms with Gasteiger partial charge in [-0.1, -0.05) is 0 Å². The predicted octanol–water partition coefficient (Wildman–Crippen LogP) is 1.90. The number of anilines is 2. The van der Waals surface area contributed by atoms with E-state index in [1.807, 2.05) is 19.1 Å². The molecule has 1 heterocycles. The Kier molecular flexibility index (Phi) is 3.49. The zero-order valence-electron chi connectivity index (χ0n) is 9.53. The van der Waals surface area contributed by atoms with E-state index in [1.165, 1.54) is 0 Å². The average Bonchev–Trinajstić information content (AvgIpc) is 2.27. The largest absolute Gasteiger partial charge is 0.399 e. The van der Waals surface area contributed by atoms with Crippen LogP contribution in [0.1, 0.15) is 18.4 Å². The highest BCUT2D eigenvalue weighted by Gasteiger charge is 2.17. The second-order valence-electron chi connectivity index (χ2n) is 4.34. The summed E-state index contributed by atoms with van der Waals surface area (Å²) >= 11 is 0. The van der Waals surface area contributed by atoms with Crippen LogP contribution in [0.2, 0.25) is 0 Å². The lowest BCUT2D eigenvalue weighted by atomic mass is 10.1. The Morgan fingerprint density at radius 2 is 2.06 bits per heavy atom. The fourth-order valence-corrected chi connectivity index (χ4v) is 3.24. The van der Waals surface area contributed by atoms with Gasteiger partial charge < -0.3 is 11.1 Å². The number of rotatable bonds is 2. The molecule has 0 atom stereocenters. The molecule has 1 fully saturated rings. The number of nitrogens with two attached hydrogens (primary N) is 1. The summed E-state index contributed by atoms with van der Waals surface area (Å²) in [6, 6.07) is 6.47. The van der Waals surface area contributed by atoms with E-state index in [0.29, 0.717) is 6.04 Å². The molecule has 0 saturated carbocycles. The molecule has 1 aliphatic heterocycles. The van der Waals surface area contributed by atoms with Gasteiger partial charge >= 0.3 is 0 Å². The molecule has 1 aromatic carbocycles. The Hall–Kier alpha value is -1.03. The molecular weight excluding hydrogens is 220 g/mol. The van der Waals surface area contributed by atoms with Crippen molar-refractivity contribution in [2.24, 2.45) is 0 Å². The van der Waals surface area contributed by atoms with Gasteiger partial charge in [0.1, 0.15) is 0 Å². The number of benzene rings is 1. The molecule has 3 nitrogen and oxygen atoms in total.